The summed E-state index contributed by atoms with van der Waals surface area (Å²) in [6.07, 6.45) is 9.90. The Balaban J connectivity index is 2.39. The molecule has 2 rings (SSSR count). The highest BCUT2D eigenvalue weighted by Crippen LogP contribution is 2.32. The Morgan fingerprint density at radius 1 is 1.21 bits per heavy atom. The van der Waals surface area contributed by atoms with Gasteiger partial charge in [-0.05, 0) is 18.9 Å². The van der Waals surface area contributed by atoms with Crippen LogP contribution in [0.1, 0.15) is 24.5 Å². The van der Waals surface area contributed by atoms with E-state index in [0.717, 1.165) is 6.42 Å². The summed E-state index contributed by atoms with van der Waals surface area (Å²) in [7, 11) is 0. The molecular weight excluding hydrogens is 168 g/mol. The van der Waals surface area contributed by atoms with Gasteiger partial charge >= 0.3 is 0 Å². The zero-order valence-corrected chi connectivity index (χ0v) is 8.83. The first kappa shape index (κ1) is 9.26. The third-order valence-corrected chi connectivity index (χ3v) is 2.93. The molecule has 1 unspecified atom stereocenters. The molecular formula is C14H16. The van der Waals surface area contributed by atoms with E-state index in [1.807, 2.05) is 0 Å². The van der Waals surface area contributed by atoms with E-state index < -0.39 is 0 Å². The third-order valence-electron chi connectivity index (χ3n) is 2.93. The Labute approximate surface area is 86.0 Å². The smallest absolute Gasteiger partial charge is 0.0141 e. The van der Waals surface area contributed by atoms with E-state index in [1.165, 1.54) is 11.1 Å². The molecule has 0 saturated carbocycles. The van der Waals surface area contributed by atoms with Crippen molar-refractivity contribution in [1.82, 2.24) is 0 Å². The quantitative estimate of drug-likeness (QED) is 0.623. The van der Waals surface area contributed by atoms with Crippen LogP contribution in [0.15, 0.2) is 48.6 Å². The van der Waals surface area contributed by atoms with Crippen molar-refractivity contribution in [3.63, 3.8) is 0 Å². The number of allylic oxidation sites excluding steroid dienone is 4. The Hall–Kier alpha value is -1.30. The monoisotopic (exact) mass is 184 g/mol. The first-order chi connectivity index (χ1) is 6.71. The predicted octanol–water partition coefficient (Wildman–Crippen LogP) is 3.77. The Kier molecular flexibility index (Phi) is 2.28. The lowest BCUT2D eigenvalue weighted by molar-refractivity contribution is 0.599. The first-order valence-electron chi connectivity index (χ1n) is 5.12. The fraction of sp³-hybridized carbons (Fsp3) is 0.286. The van der Waals surface area contributed by atoms with Gasteiger partial charge < -0.3 is 0 Å². The summed E-state index contributed by atoms with van der Waals surface area (Å²) < 4.78 is 0. The molecule has 0 saturated heterocycles. The first-order valence-corrected chi connectivity index (χ1v) is 5.12. The molecule has 1 aliphatic rings. The summed E-state index contributed by atoms with van der Waals surface area (Å²) in [6.45, 7) is 4.44. The van der Waals surface area contributed by atoms with Crippen LogP contribution in [0.2, 0.25) is 0 Å². The van der Waals surface area contributed by atoms with E-state index in [0.29, 0.717) is 0 Å². The summed E-state index contributed by atoms with van der Waals surface area (Å²) >= 11 is 0. The van der Waals surface area contributed by atoms with Crippen LogP contribution in [0, 0.1) is 6.92 Å². The zero-order chi connectivity index (χ0) is 10.0. The summed E-state index contributed by atoms with van der Waals surface area (Å²) in [5, 5.41) is 0. The molecule has 0 amide bonds. The lowest BCUT2D eigenvalue weighted by Crippen LogP contribution is -2.19. The molecule has 0 heterocycles. The molecule has 72 valence electrons. The largest absolute Gasteiger partial charge is 0.0834 e. The Morgan fingerprint density at radius 2 is 2.07 bits per heavy atom. The van der Waals surface area contributed by atoms with Gasteiger partial charge in [-0.1, -0.05) is 61.1 Å². The minimum absolute atomic E-state index is 0.195. The van der Waals surface area contributed by atoms with Gasteiger partial charge in [0.1, 0.15) is 0 Å². The van der Waals surface area contributed by atoms with E-state index in [9.17, 15) is 0 Å². The van der Waals surface area contributed by atoms with E-state index in [-0.39, 0.29) is 5.41 Å². The fourth-order valence-electron chi connectivity index (χ4n) is 1.94. The highest BCUT2D eigenvalue weighted by molar-refractivity contribution is 5.36. The van der Waals surface area contributed by atoms with Gasteiger partial charge in [0.05, 0.1) is 0 Å². The van der Waals surface area contributed by atoms with Gasteiger partial charge in [-0.3, -0.25) is 0 Å². The van der Waals surface area contributed by atoms with Crippen LogP contribution in [-0.2, 0) is 5.41 Å². The number of aryl methyl sites for hydroxylation is 1. The summed E-state index contributed by atoms with van der Waals surface area (Å²) in [4.78, 5) is 0. The van der Waals surface area contributed by atoms with Crippen molar-refractivity contribution in [2.24, 2.45) is 0 Å². The fourth-order valence-corrected chi connectivity index (χ4v) is 1.94. The molecule has 0 radical (unpaired) electrons. The van der Waals surface area contributed by atoms with E-state index in [2.05, 4.69) is 62.4 Å². The van der Waals surface area contributed by atoms with Crippen LogP contribution in [-0.4, -0.2) is 0 Å². The molecule has 0 fully saturated rings. The molecule has 0 aromatic heterocycles. The SMILES string of the molecule is Cc1cccc(C2(C)C=CC=CC2)c1. The average Bonchev–Trinajstić information content (AvgIpc) is 2.19. The molecule has 0 nitrogen and oxygen atoms in total. The summed E-state index contributed by atoms with van der Waals surface area (Å²) in [6, 6.07) is 8.79. The van der Waals surface area contributed by atoms with Crippen LogP contribution in [0.5, 0.6) is 0 Å². The lowest BCUT2D eigenvalue weighted by atomic mass is 9.77. The molecule has 1 aromatic carbocycles. The van der Waals surface area contributed by atoms with Crippen LogP contribution < -0.4 is 0 Å². The van der Waals surface area contributed by atoms with Crippen molar-refractivity contribution in [2.75, 3.05) is 0 Å². The zero-order valence-electron chi connectivity index (χ0n) is 8.83. The van der Waals surface area contributed by atoms with Gasteiger partial charge in [0.2, 0.25) is 0 Å². The molecule has 0 N–H and O–H groups in total. The third kappa shape index (κ3) is 1.65. The van der Waals surface area contributed by atoms with Gasteiger partial charge in [0, 0.05) is 5.41 Å². The van der Waals surface area contributed by atoms with Crippen LogP contribution >= 0.6 is 0 Å². The second-order valence-corrected chi connectivity index (χ2v) is 4.28. The minimum atomic E-state index is 0.195. The normalized spacial score (nSPS) is 25.3. The summed E-state index contributed by atoms with van der Waals surface area (Å²) in [5.41, 5.74) is 2.95. The van der Waals surface area contributed by atoms with Crippen LogP contribution in [0.4, 0.5) is 0 Å². The van der Waals surface area contributed by atoms with E-state index in [1.54, 1.807) is 0 Å². The van der Waals surface area contributed by atoms with E-state index >= 15 is 0 Å². The van der Waals surface area contributed by atoms with Gasteiger partial charge in [0.25, 0.3) is 0 Å². The second kappa shape index (κ2) is 3.45. The topological polar surface area (TPSA) is 0 Å². The van der Waals surface area contributed by atoms with Crippen molar-refractivity contribution < 1.29 is 0 Å². The van der Waals surface area contributed by atoms with Gasteiger partial charge in [-0.15, -0.1) is 0 Å². The molecule has 1 aliphatic carbocycles. The van der Waals surface area contributed by atoms with Crippen LogP contribution in [0.3, 0.4) is 0 Å². The highest BCUT2D eigenvalue weighted by atomic mass is 14.3. The number of benzene rings is 1. The van der Waals surface area contributed by atoms with E-state index in [4.69, 9.17) is 0 Å². The molecule has 0 heteroatoms. The lowest BCUT2D eigenvalue weighted by Gasteiger charge is -2.27. The van der Waals surface area contributed by atoms with Crippen LogP contribution in [0.25, 0.3) is 0 Å². The number of hydrogen-bond acceptors (Lipinski definition) is 0. The van der Waals surface area contributed by atoms with Gasteiger partial charge in [-0.25, -0.2) is 0 Å². The maximum Gasteiger partial charge on any atom is 0.0141 e. The molecule has 1 atom stereocenters. The van der Waals surface area contributed by atoms with Gasteiger partial charge in [0.15, 0.2) is 0 Å². The molecule has 0 bridgehead atoms. The van der Waals surface area contributed by atoms with Crippen molar-refractivity contribution in [3.8, 4) is 0 Å². The van der Waals surface area contributed by atoms with Crippen molar-refractivity contribution in [1.29, 1.82) is 0 Å². The standard InChI is InChI=1S/C14H16/c1-12-7-6-8-13(11-12)14(2)9-4-3-5-10-14/h3-9,11H,10H2,1-2H3. The Morgan fingerprint density at radius 3 is 2.71 bits per heavy atom. The van der Waals surface area contributed by atoms with Crippen molar-refractivity contribution >= 4 is 0 Å². The Bertz CT molecular complexity index is 385. The summed E-state index contributed by atoms with van der Waals surface area (Å²) in [5.74, 6) is 0. The number of rotatable bonds is 1. The molecule has 0 spiro atoms. The molecule has 0 aliphatic heterocycles. The maximum absolute atomic E-state index is 2.29. The number of hydrogen-bond donors (Lipinski definition) is 0. The highest BCUT2D eigenvalue weighted by Gasteiger charge is 2.22. The maximum atomic E-state index is 2.29. The van der Waals surface area contributed by atoms with Crippen molar-refractivity contribution in [3.05, 3.63) is 59.7 Å². The second-order valence-electron chi connectivity index (χ2n) is 4.28. The van der Waals surface area contributed by atoms with Crippen molar-refractivity contribution in [2.45, 2.75) is 25.7 Å². The predicted molar refractivity (Wildman–Crippen MR) is 61.4 cm³/mol. The van der Waals surface area contributed by atoms with Gasteiger partial charge in [-0.2, -0.15) is 0 Å². The average molecular weight is 184 g/mol. The minimum Gasteiger partial charge on any atom is -0.0834 e. The molecule has 1 aromatic rings. The molecule has 14 heavy (non-hydrogen) atoms.